The van der Waals surface area contributed by atoms with Gasteiger partial charge in [0.05, 0.1) is 11.2 Å². The molecule has 1 amide bonds. The maximum atomic E-state index is 12.1. The Morgan fingerprint density at radius 1 is 1.30 bits per heavy atom. The number of nitrogens with zero attached hydrogens (tertiary/aromatic N) is 2. The quantitative estimate of drug-likeness (QED) is 0.917. The Bertz CT molecular complexity index is 696. The van der Waals surface area contributed by atoms with Crippen molar-refractivity contribution in [2.45, 2.75) is 12.8 Å². The van der Waals surface area contributed by atoms with Crippen LogP contribution in [0.3, 0.4) is 0 Å². The van der Waals surface area contributed by atoms with Crippen molar-refractivity contribution in [3.63, 3.8) is 0 Å². The normalized spacial score (nSPS) is 15.0. The molecular weight excluding hydrogens is 337 g/mol. The highest BCUT2D eigenvalue weighted by molar-refractivity contribution is 6.36. The molecule has 122 valence electrons. The number of amides is 1. The summed E-state index contributed by atoms with van der Waals surface area (Å²) < 4.78 is 5.71. The zero-order chi connectivity index (χ0) is 16.2. The molecule has 0 spiro atoms. The van der Waals surface area contributed by atoms with Crippen LogP contribution in [0.1, 0.15) is 12.3 Å². The Kier molecular flexibility index (Phi) is 5.20. The average molecular weight is 354 g/mol. The van der Waals surface area contributed by atoms with Crippen molar-refractivity contribution < 1.29 is 9.21 Å². The molecule has 1 N–H and O–H groups in total. The van der Waals surface area contributed by atoms with Gasteiger partial charge in [-0.25, -0.2) is 4.98 Å². The smallest absolute Gasteiger partial charge is 0.223 e. The van der Waals surface area contributed by atoms with E-state index in [1.54, 1.807) is 24.4 Å². The molecular formula is C16H17Cl2N3O2. The minimum Gasteiger partial charge on any atom is -0.441 e. The largest absolute Gasteiger partial charge is 0.441 e. The maximum Gasteiger partial charge on any atom is 0.223 e. The fourth-order valence-electron chi connectivity index (χ4n) is 2.53. The number of benzene rings is 1. The first kappa shape index (κ1) is 16.3. The molecule has 2 aromatic rings. The SMILES string of the molecule is O=C(CCc1ncc(-c2ccc(Cl)cc2Cl)o1)N1CCNCC1. The fraction of sp³-hybridized carbons (Fsp3) is 0.375. The van der Waals surface area contributed by atoms with Crippen LogP contribution in [-0.2, 0) is 11.2 Å². The van der Waals surface area contributed by atoms with Crippen LogP contribution in [0.15, 0.2) is 28.8 Å². The molecule has 23 heavy (non-hydrogen) atoms. The number of carbonyl (C=O) groups excluding carboxylic acids is 1. The predicted molar refractivity (Wildman–Crippen MR) is 89.7 cm³/mol. The molecule has 0 atom stereocenters. The zero-order valence-electron chi connectivity index (χ0n) is 12.5. The molecule has 1 aromatic heterocycles. The van der Waals surface area contributed by atoms with E-state index in [2.05, 4.69) is 10.3 Å². The number of hydrogen-bond acceptors (Lipinski definition) is 4. The second kappa shape index (κ2) is 7.34. The van der Waals surface area contributed by atoms with Gasteiger partial charge in [0.15, 0.2) is 11.7 Å². The van der Waals surface area contributed by atoms with Gasteiger partial charge in [-0.15, -0.1) is 0 Å². The van der Waals surface area contributed by atoms with Gasteiger partial charge < -0.3 is 14.6 Å². The highest BCUT2D eigenvalue weighted by atomic mass is 35.5. The van der Waals surface area contributed by atoms with Gasteiger partial charge in [0.25, 0.3) is 0 Å². The van der Waals surface area contributed by atoms with E-state index < -0.39 is 0 Å². The Hall–Kier alpha value is -1.56. The number of halogens is 2. The second-order valence-electron chi connectivity index (χ2n) is 5.37. The lowest BCUT2D eigenvalue weighted by Crippen LogP contribution is -2.46. The van der Waals surface area contributed by atoms with Gasteiger partial charge in [0.1, 0.15) is 0 Å². The summed E-state index contributed by atoms with van der Waals surface area (Å²) in [6.07, 6.45) is 2.50. The van der Waals surface area contributed by atoms with E-state index in [9.17, 15) is 4.79 Å². The molecule has 5 nitrogen and oxygen atoms in total. The van der Waals surface area contributed by atoms with Crippen molar-refractivity contribution in [3.8, 4) is 11.3 Å². The van der Waals surface area contributed by atoms with Gasteiger partial charge >= 0.3 is 0 Å². The molecule has 0 radical (unpaired) electrons. The van der Waals surface area contributed by atoms with Crippen LogP contribution in [0.5, 0.6) is 0 Å². The first-order chi connectivity index (χ1) is 11.1. The first-order valence-corrected chi connectivity index (χ1v) is 8.28. The molecule has 1 aliphatic rings. The summed E-state index contributed by atoms with van der Waals surface area (Å²) in [5.41, 5.74) is 0.739. The number of carbonyl (C=O) groups is 1. The van der Waals surface area contributed by atoms with Crippen LogP contribution in [0, 0.1) is 0 Å². The van der Waals surface area contributed by atoms with Crippen molar-refractivity contribution in [3.05, 3.63) is 40.3 Å². The molecule has 1 saturated heterocycles. The summed E-state index contributed by atoms with van der Waals surface area (Å²) in [4.78, 5) is 18.2. The molecule has 0 unspecified atom stereocenters. The molecule has 0 aliphatic carbocycles. The van der Waals surface area contributed by atoms with Crippen molar-refractivity contribution in [1.82, 2.24) is 15.2 Å². The summed E-state index contributed by atoms with van der Waals surface area (Å²) in [6.45, 7) is 3.22. The predicted octanol–water partition coefficient (Wildman–Crippen LogP) is 3.01. The third-order valence-electron chi connectivity index (χ3n) is 3.77. The molecule has 1 aliphatic heterocycles. The Morgan fingerprint density at radius 3 is 2.83 bits per heavy atom. The summed E-state index contributed by atoms with van der Waals surface area (Å²) >= 11 is 12.1. The van der Waals surface area contributed by atoms with Gasteiger partial charge in [-0.1, -0.05) is 23.2 Å². The zero-order valence-corrected chi connectivity index (χ0v) is 14.0. The van der Waals surface area contributed by atoms with Gasteiger partial charge in [-0.3, -0.25) is 4.79 Å². The van der Waals surface area contributed by atoms with Crippen molar-refractivity contribution in [2.75, 3.05) is 26.2 Å². The van der Waals surface area contributed by atoms with Crippen molar-refractivity contribution >= 4 is 29.1 Å². The number of nitrogens with one attached hydrogen (secondary N) is 1. The van der Waals surface area contributed by atoms with Crippen LogP contribution in [0.4, 0.5) is 0 Å². The molecule has 3 rings (SSSR count). The highest BCUT2D eigenvalue weighted by Crippen LogP contribution is 2.30. The molecule has 1 aromatic carbocycles. The second-order valence-corrected chi connectivity index (χ2v) is 6.22. The van der Waals surface area contributed by atoms with E-state index in [0.717, 1.165) is 31.7 Å². The minimum atomic E-state index is 0.135. The number of aromatic nitrogens is 1. The average Bonchev–Trinajstić information content (AvgIpc) is 3.02. The lowest BCUT2D eigenvalue weighted by Gasteiger charge is -2.27. The lowest BCUT2D eigenvalue weighted by atomic mass is 10.2. The topological polar surface area (TPSA) is 58.4 Å². The lowest BCUT2D eigenvalue weighted by molar-refractivity contribution is -0.131. The van der Waals surface area contributed by atoms with Gasteiger partial charge in [0.2, 0.25) is 5.91 Å². The van der Waals surface area contributed by atoms with Crippen molar-refractivity contribution in [2.24, 2.45) is 0 Å². The molecule has 0 bridgehead atoms. The van der Waals surface area contributed by atoms with Gasteiger partial charge in [0, 0.05) is 49.6 Å². The highest BCUT2D eigenvalue weighted by Gasteiger charge is 2.17. The van der Waals surface area contributed by atoms with E-state index in [1.165, 1.54) is 0 Å². The molecule has 7 heteroatoms. The standard InChI is InChI=1S/C16H17Cl2N3O2/c17-11-1-2-12(13(18)9-11)14-10-20-15(23-14)3-4-16(22)21-7-5-19-6-8-21/h1-2,9-10,19H,3-8H2. The first-order valence-electron chi connectivity index (χ1n) is 7.52. The summed E-state index contributed by atoms with van der Waals surface area (Å²) in [7, 11) is 0. The third-order valence-corrected chi connectivity index (χ3v) is 4.32. The third kappa shape index (κ3) is 4.05. The Labute approximate surface area is 144 Å². The van der Waals surface area contributed by atoms with Crippen LogP contribution >= 0.6 is 23.2 Å². The van der Waals surface area contributed by atoms with Crippen LogP contribution in [0.2, 0.25) is 10.0 Å². The van der Waals surface area contributed by atoms with Gasteiger partial charge in [-0.2, -0.15) is 0 Å². The van der Waals surface area contributed by atoms with Crippen LogP contribution < -0.4 is 5.32 Å². The number of rotatable bonds is 4. The Balaban J connectivity index is 1.62. The molecule has 0 saturated carbocycles. The minimum absolute atomic E-state index is 0.135. The Morgan fingerprint density at radius 2 is 2.09 bits per heavy atom. The van der Waals surface area contributed by atoms with Crippen molar-refractivity contribution in [1.29, 1.82) is 0 Å². The van der Waals surface area contributed by atoms with E-state index in [0.29, 0.717) is 34.5 Å². The van der Waals surface area contributed by atoms with E-state index in [-0.39, 0.29) is 5.91 Å². The fourth-order valence-corrected chi connectivity index (χ4v) is 3.03. The summed E-state index contributed by atoms with van der Waals surface area (Å²) in [5.74, 6) is 1.25. The monoisotopic (exact) mass is 353 g/mol. The molecule has 1 fully saturated rings. The number of oxazole rings is 1. The van der Waals surface area contributed by atoms with Crippen LogP contribution in [0.25, 0.3) is 11.3 Å². The van der Waals surface area contributed by atoms with E-state index in [4.69, 9.17) is 27.6 Å². The number of aryl methyl sites for hydroxylation is 1. The summed E-state index contributed by atoms with van der Waals surface area (Å²) in [5, 5.41) is 4.31. The van der Waals surface area contributed by atoms with Crippen LogP contribution in [-0.4, -0.2) is 42.0 Å². The summed E-state index contributed by atoms with van der Waals surface area (Å²) in [6, 6.07) is 5.20. The number of hydrogen-bond donors (Lipinski definition) is 1. The van der Waals surface area contributed by atoms with E-state index in [1.807, 2.05) is 4.90 Å². The van der Waals surface area contributed by atoms with E-state index >= 15 is 0 Å². The molecule has 2 heterocycles. The number of piperazine rings is 1. The van der Waals surface area contributed by atoms with Gasteiger partial charge in [-0.05, 0) is 18.2 Å². The maximum absolute atomic E-state index is 12.1.